The highest BCUT2D eigenvalue weighted by Crippen LogP contribution is 2.30. The molecule has 1 atom stereocenters. The molecular weight excluding hydrogens is 449 g/mol. The van der Waals surface area contributed by atoms with Crippen LogP contribution in [-0.2, 0) is 25.3 Å². The third kappa shape index (κ3) is 6.94. The molecule has 1 saturated heterocycles. The van der Waals surface area contributed by atoms with E-state index in [0.29, 0.717) is 25.9 Å². The number of ether oxygens (including phenoxy) is 1. The van der Waals surface area contributed by atoms with Gasteiger partial charge in [-0.3, -0.25) is 14.4 Å². The molecule has 2 aromatic carbocycles. The molecule has 180 valence electrons. The third-order valence-electron chi connectivity index (χ3n) is 5.50. The number of anilines is 1. The average molecular weight is 474 g/mol. The number of esters is 1. The van der Waals surface area contributed by atoms with Crippen molar-refractivity contribution in [2.24, 2.45) is 5.92 Å². The Hall–Kier alpha value is -3.62. The SMILES string of the molecule is CC(OC(=O)C1CCN(C(=O)/C=C/c2ccccc2)CC1)C(=O)Nc1ccc(C(F)(F)F)cc1. The molecule has 9 heteroatoms. The number of nitrogens with one attached hydrogen (secondary N) is 1. The zero-order valence-corrected chi connectivity index (χ0v) is 18.5. The van der Waals surface area contributed by atoms with Crippen molar-refractivity contribution in [3.63, 3.8) is 0 Å². The molecule has 1 N–H and O–H groups in total. The van der Waals surface area contributed by atoms with E-state index in [0.717, 1.165) is 29.8 Å². The fourth-order valence-electron chi connectivity index (χ4n) is 3.48. The number of rotatable bonds is 6. The number of carbonyl (C=O) groups excluding carboxylic acids is 3. The van der Waals surface area contributed by atoms with Gasteiger partial charge < -0.3 is 15.0 Å². The number of hydrogen-bond acceptors (Lipinski definition) is 4. The van der Waals surface area contributed by atoms with Crippen LogP contribution in [0.5, 0.6) is 0 Å². The number of carbonyl (C=O) groups is 3. The maximum Gasteiger partial charge on any atom is 0.416 e. The van der Waals surface area contributed by atoms with Gasteiger partial charge in [-0.2, -0.15) is 13.2 Å². The maximum atomic E-state index is 12.6. The summed E-state index contributed by atoms with van der Waals surface area (Å²) in [7, 11) is 0. The van der Waals surface area contributed by atoms with Crippen LogP contribution in [0.2, 0.25) is 0 Å². The molecule has 3 rings (SSSR count). The van der Waals surface area contributed by atoms with Gasteiger partial charge in [0.1, 0.15) is 0 Å². The maximum absolute atomic E-state index is 12.6. The lowest BCUT2D eigenvalue weighted by atomic mass is 9.97. The number of halogens is 3. The van der Waals surface area contributed by atoms with Crippen LogP contribution < -0.4 is 5.32 Å². The smallest absolute Gasteiger partial charge is 0.416 e. The van der Waals surface area contributed by atoms with Crippen molar-refractivity contribution in [3.05, 3.63) is 71.8 Å². The molecule has 1 heterocycles. The van der Waals surface area contributed by atoms with Crippen LogP contribution in [0.15, 0.2) is 60.7 Å². The van der Waals surface area contributed by atoms with Crippen LogP contribution in [0.3, 0.4) is 0 Å². The van der Waals surface area contributed by atoms with Gasteiger partial charge >= 0.3 is 12.1 Å². The standard InChI is InChI=1S/C25H25F3N2O4/c1-17(23(32)29-21-10-8-20(9-11-21)25(26,27)28)34-24(33)19-13-15-30(16-14-19)22(31)12-7-18-5-3-2-4-6-18/h2-12,17,19H,13-16H2,1H3,(H,29,32)/b12-7+. The first-order chi connectivity index (χ1) is 16.1. The van der Waals surface area contributed by atoms with Gasteiger partial charge in [0.2, 0.25) is 5.91 Å². The molecule has 0 bridgehead atoms. The number of likely N-dealkylation sites (tertiary alicyclic amines) is 1. The van der Waals surface area contributed by atoms with Crippen molar-refractivity contribution < 1.29 is 32.3 Å². The topological polar surface area (TPSA) is 75.7 Å². The molecule has 2 amide bonds. The second kappa shape index (κ2) is 11.0. The minimum atomic E-state index is -4.47. The van der Waals surface area contributed by atoms with Crippen molar-refractivity contribution in [1.82, 2.24) is 4.90 Å². The van der Waals surface area contributed by atoms with Gasteiger partial charge in [-0.25, -0.2) is 0 Å². The summed E-state index contributed by atoms with van der Waals surface area (Å²) >= 11 is 0. The molecule has 0 aromatic heterocycles. The monoisotopic (exact) mass is 474 g/mol. The van der Waals surface area contributed by atoms with E-state index < -0.39 is 35.6 Å². The lowest BCUT2D eigenvalue weighted by Crippen LogP contribution is -2.41. The minimum absolute atomic E-state index is 0.139. The number of hydrogen-bond donors (Lipinski definition) is 1. The Balaban J connectivity index is 1.44. The highest BCUT2D eigenvalue weighted by molar-refractivity contribution is 5.95. The molecule has 0 radical (unpaired) electrons. The average Bonchev–Trinajstić information content (AvgIpc) is 2.83. The number of nitrogens with zero attached hydrogens (tertiary/aromatic N) is 1. The molecule has 1 unspecified atom stereocenters. The van der Waals surface area contributed by atoms with Gasteiger partial charge in [-0.15, -0.1) is 0 Å². The van der Waals surface area contributed by atoms with Gasteiger partial charge in [0, 0.05) is 24.9 Å². The normalized spacial score (nSPS) is 15.7. The van der Waals surface area contributed by atoms with E-state index in [2.05, 4.69) is 5.32 Å². The van der Waals surface area contributed by atoms with Crippen LogP contribution in [0, 0.1) is 5.92 Å². The number of benzene rings is 2. The Morgan fingerprint density at radius 1 is 1.03 bits per heavy atom. The summed E-state index contributed by atoms with van der Waals surface area (Å²) in [6, 6.07) is 13.4. The van der Waals surface area contributed by atoms with E-state index in [1.54, 1.807) is 11.0 Å². The van der Waals surface area contributed by atoms with Gasteiger partial charge in [0.25, 0.3) is 5.91 Å². The van der Waals surface area contributed by atoms with E-state index in [9.17, 15) is 27.6 Å². The summed E-state index contributed by atoms with van der Waals surface area (Å²) in [6.45, 7) is 2.18. The Kier molecular flexibility index (Phi) is 8.09. The molecular formula is C25H25F3N2O4. The summed E-state index contributed by atoms with van der Waals surface area (Å²) in [6.07, 6.45) is -1.53. The highest BCUT2D eigenvalue weighted by Gasteiger charge is 2.31. The predicted octanol–water partition coefficient (Wildman–Crippen LogP) is 4.53. The van der Waals surface area contributed by atoms with Gasteiger partial charge in [-0.1, -0.05) is 30.3 Å². The first kappa shape index (κ1) is 25.0. The lowest BCUT2D eigenvalue weighted by Gasteiger charge is -2.30. The second-order valence-electron chi connectivity index (χ2n) is 7.99. The minimum Gasteiger partial charge on any atom is -0.452 e. The first-order valence-corrected chi connectivity index (χ1v) is 10.8. The van der Waals surface area contributed by atoms with Crippen LogP contribution >= 0.6 is 0 Å². The van der Waals surface area contributed by atoms with Gasteiger partial charge in [-0.05, 0) is 55.7 Å². The summed E-state index contributed by atoms with van der Waals surface area (Å²) in [5.41, 5.74) is 0.250. The van der Waals surface area contributed by atoms with Crippen LogP contribution in [0.4, 0.5) is 18.9 Å². The van der Waals surface area contributed by atoms with Crippen molar-refractivity contribution in [2.75, 3.05) is 18.4 Å². The number of piperidine rings is 1. The van der Waals surface area contributed by atoms with Crippen molar-refractivity contribution >= 4 is 29.5 Å². The molecule has 0 aliphatic carbocycles. The number of alkyl halides is 3. The molecule has 1 aliphatic heterocycles. The zero-order valence-electron chi connectivity index (χ0n) is 18.5. The Labute approximate surface area is 195 Å². The van der Waals surface area contributed by atoms with Crippen molar-refractivity contribution in [3.8, 4) is 0 Å². The summed E-state index contributed by atoms with van der Waals surface area (Å²) in [4.78, 5) is 38.8. The molecule has 1 fully saturated rings. The van der Waals surface area contributed by atoms with Gasteiger partial charge in [0.15, 0.2) is 6.10 Å². The van der Waals surface area contributed by atoms with E-state index in [1.807, 2.05) is 30.3 Å². The van der Waals surface area contributed by atoms with Crippen molar-refractivity contribution in [1.29, 1.82) is 0 Å². The molecule has 6 nitrogen and oxygen atoms in total. The Morgan fingerprint density at radius 3 is 2.24 bits per heavy atom. The summed E-state index contributed by atoms with van der Waals surface area (Å²) in [5.74, 6) is -1.77. The molecule has 0 spiro atoms. The van der Waals surface area contributed by atoms with Crippen LogP contribution in [0.25, 0.3) is 6.08 Å². The lowest BCUT2D eigenvalue weighted by molar-refractivity contribution is -0.159. The van der Waals surface area contributed by atoms with Crippen LogP contribution in [-0.4, -0.2) is 41.9 Å². The third-order valence-corrected chi connectivity index (χ3v) is 5.50. The summed E-state index contributed by atoms with van der Waals surface area (Å²) < 4.78 is 43.2. The van der Waals surface area contributed by atoms with Crippen molar-refractivity contribution in [2.45, 2.75) is 32.0 Å². The van der Waals surface area contributed by atoms with E-state index in [4.69, 9.17) is 4.74 Å². The van der Waals surface area contributed by atoms with E-state index in [1.165, 1.54) is 13.0 Å². The van der Waals surface area contributed by atoms with E-state index >= 15 is 0 Å². The highest BCUT2D eigenvalue weighted by atomic mass is 19.4. The predicted molar refractivity (Wildman–Crippen MR) is 120 cm³/mol. The van der Waals surface area contributed by atoms with Crippen LogP contribution in [0.1, 0.15) is 30.9 Å². The Morgan fingerprint density at radius 2 is 1.65 bits per heavy atom. The second-order valence-corrected chi connectivity index (χ2v) is 7.99. The van der Waals surface area contributed by atoms with Gasteiger partial charge in [0.05, 0.1) is 11.5 Å². The fourth-order valence-corrected chi connectivity index (χ4v) is 3.48. The fraction of sp³-hybridized carbons (Fsp3) is 0.320. The number of amides is 2. The quantitative estimate of drug-likeness (QED) is 0.493. The molecule has 2 aromatic rings. The largest absolute Gasteiger partial charge is 0.452 e. The molecule has 0 saturated carbocycles. The molecule has 34 heavy (non-hydrogen) atoms. The molecule has 1 aliphatic rings. The van der Waals surface area contributed by atoms with E-state index in [-0.39, 0.29) is 11.6 Å². The Bertz CT molecular complexity index is 1030. The first-order valence-electron chi connectivity index (χ1n) is 10.8. The zero-order chi connectivity index (χ0) is 24.7. The summed E-state index contributed by atoms with van der Waals surface area (Å²) in [5, 5.41) is 2.43.